The molecule has 8 heteroatoms. The van der Waals surface area contributed by atoms with Crippen molar-refractivity contribution in [1.82, 2.24) is 0 Å². The van der Waals surface area contributed by atoms with E-state index in [0.717, 1.165) is 4.88 Å². The van der Waals surface area contributed by atoms with Gasteiger partial charge in [-0.3, -0.25) is 4.79 Å². The van der Waals surface area contributed by atoms with Gasteiger partial charge in [0.25, 0.3) is 0 Å². The number of carboxylic acid groups (broad SMARTS) is 1. The van der Waals surface area contributed by atoms with E-state index in [9.17, 15) is 18.0 Å². The van der Waals surface area contributed by atoms with Crippen molar-refractivity contribution < 1.29 is 23.1 Å². The van der Waals surface area contributed by atoms with Crippen LogP contribution in [0.25, 0.3) is 0 Å². The minimum atomic E-state index is -3.43. The van der Waals surface area contributed by atoms with Crippen LogP contribution >= 0.6 is 11.3 Å². The average molecular weight is 331 g/mol. The van der Waals surface area contributed by atoms with Gasteiger partial charge in [-0.2, -0.15) is 0 Å². The maximum Gasteiger partial charge on any atom is 0.338 e. The molecule has 1 fully saturated rings. The average Bonchev–Trinajstić information content (AvgIpc) is 2.81. The van der Waals surface area contributed by atoms with Crippen LogP contribution in [0.4, 0.5) is 5.00 Å². The number of sulfone groups is 1. The van der Waals surface area contributed by atoms with Gasteiger partial charge in [0.1, 0.15) is 10.3 Å². The minimum Gasteiger partial charge on any atom is -0.478 e. The normalized spacial score (nSPS) is 20.9. The summed E-state index contributed by atoms with van der Waals surface area (Å²) < 4.78 is 23.8. The monoisotopic (exact) mass is 331 g/mol. The summed E-state index contributed by atoms with van der Waals surface area (Å²) in [6.45, 7) is 1.88. The predicted molar refractivity (Wildman–Crippen MR) is 80.7 cm³/mol. The lowest BCUT2D eigenvalue weighted by atomic mass is 10.2. The number of thiophene rings is 1. The highest BCUT2D eigenvalue weighted by Crippen LogP contribution is 2.30. The van der Waals surface area contributed by atoms with Gasteiger partial charge in [-0.05, 0) is 25.3 Å². The number of carboxylic acids is 1. The fourth-order valence-corrected chi connectivity index (χ4v) is 5.10. The molecule has 6 nitrogen and oxygen atoms in total. The van der Waals surface area contributed by atoms with Gasteiger partial charge in [0.2, 0.25) is 5.91 Å². The highest BCUT2D eigenvalue weighted by molar-refractivity contribution is 7.92. The predicted octanol–water partition coefficient (Wildman–Crippen LogP) is 1.91. The van der Waals surface area contributed by atoms with Crippen molar-refractivity contribution in [2.75, 3.05) is 11.1 Å². The van der Waals surface area contributed by atoms with Crippen LogP contribution in [0.5, 0.6) is 0 Å². The van der Waals surface area contributed by atoms with Crippen molar-refractivity contribution in [2.24, 2.45) is 0 Å². The lowest BCUT2D eigenvalue weighted by molar-refractivity contribution is -0.116. The Kier molecular flexibility index (Phi) is 4.67. The zero-order chi connectivity index (χ0) is 15.6. The Morgan fingerprint density at radius 3 is 2.71 bits per heavy atom. The van der Waals surface area contributed by atoms with E-state index in [2.05, 4.69) is 5.32 Å². The van der Waals surface area contributed by atoms with Crippen LogP contribution in [0, 0.1) is 0 Å². The molecule has 2 N–H and O–H groups in total. The van der Waals surface area contributed by atoms with Gasteiger partial charge in [0.15, 0.2) is 9.84 Å². The van der Waals surface area contributed by atoms with Crippen molar-refractivity contribution in [3.05, 3.63) is 16.5 Å². The second kappa shape index (κ2) is 6.15. The summed E-state index contributed by atoms with van der Waals surface area (Å²) >= 11 is 1.17. The van der Waals surface area contributed by atoms with Gasteiger partial charge in [0, 0.05) is 4.88 Å². The lowest BCUT2D eigenvalue weighted by Gasteiger charge is -2.21. The molecule has 0 bridgehead atoms. The molecule has 2 rings (SSSR count). The summed E-state index contributed by atoms with van der Waals surface area (Å²) in [7, 11) is -3.43. The van der Waals surface area contributed by atoms with Crippen LogP contribution < -0.4 is 5.32 Å². The summed E-state index contributed by atoms with van der Waals surface area (Å²) in [4.78, 5) is 24.2. The Labute approximate surface area is 127 Å². The van der Waals surface area contributed by atoms with Gasteiger partial charge < -0.3 is 10.4 Å². The molecule has 1 aromatic rings. The molecular weight excluding hydrogens is 314 g/mol. The van der Waals surface area contributed by atoms with Crippen LogP contribution in [0.3, 0.4) is 0 Å². The number of carbonyl (C=O) groups is 2. The van der Waals surface area contributed by atoms with E-state index in [1.165, 1.54) is 17.4 Å². The number of aryl methyl sites for hydroxylation is 1. The first-order valence-corrected chi connectivity index (χ1v) is 9.26. The molecule has 0 spiro atoms. The molecule has 1 aliphatic rings. The van der Waals surface area contributed by atoms with E-state index in [1.54, 1.807) is 0 Å². The van der Waals surface area contributed by atoms with E-state index in [-0.39, 0.29) is 16.3 Å². The maximum atomic E-state index is 12.2. The molecule has 0 saturated carbocycles. The number of hydrogen-bond donors (Lipinski definition) is 2. The first-order valence-electron chi connectivity index (χ1n) is 6.73. The zero-order valence-electron chi connectivity index (χ0n) is 11.6. The highest BCUT2D eigenvalue weighted by Gasteiger charge is 2.35. The second-order valence-electron chi connectivity index (χ2n) is 4.95. The van der Waals surface area contributed by atoms with Crippen LogP contribution in [-0.4, -0.2) is 36.4 Å². The maximum absolute atomic E-state index is 12.2. The third kappa shape index (κ3) is 3.44. The smallest absolute Gasteiger partial charge is 0.338 e. The van der Waals surface area contributed by atoms with Crippen molar-refractivity contribution in [3.8, 4) is 0 Å². The summed E-state index contributed by atoms with van der Waals surface area (Å²) in [5.41, 5.74) is 0.0124. The van der Waals surface area contributed by atoms with Crippen LogP contribution in [0.1, 0.15) is 41.4 Å². The van der Waals surface area contributed by atoms with Gasteiger partial charge in [-0.1, -0.05) is 13.3 Å². The molecule has 0 aliphatic carbocycles. The van der Waals surface area contributed by atoms with Crippen molar-refractivity contribution in [1.29, 1.82) is 0 Å². The molecule has 1 aliphatic heterocycles. The molecule has 1 unspecified atom stereocenters. The van der Waals surface area contributed by atoms with Gasteiger partial charge >= 0.3 is 5.97 Å². The van der Waals surface area contributed by atoms with Gasteiger partial charge in [-0.25, -0.2) is 13.2 Å². The number of nitrogens with one attached hydrogen (secondary N) is 1. The first-order chi connectivity index (χ1) is 9.85. The van der Waals surface area contributed by atoms with E-state index >= 15 is 0 Å². The Morgan fingerprint density at radius 1 is 1.43 bits per heavy atom. The number of amides is 1. The van der Waals surface area contributed by atoms with Crippen LogP contribution in [0.15, 0.2) is 6.07 Å². The molecule has 0 aromatic carbocycles. The number of anilines is 1. The Balaban J connectivity index is 2.23. The third-order valence-corrected chi connectivity index (χ3v) is 6.84. The van der Waals surface area contributed by atoms with Crippen molar-refractivity contribution >= 4 is 38.1 Å². The fourth-order valence-electron chi connectivity index (χ4n) is 2.31. The third-order valence-electron chi connectivity index (χ3n) is 3.47. The fraction of sp³-hybridized carbons (Fsp3) is 0.538. The largest absolute Gasteiger partial charge is 0.478 e. The molecule has 2 heterocycles. The molecule has 116 valence electrons. The first kappa shape index (κ1) is 16.0. The lowest BCUT2D eigenvalue weighted by Crippen LogP contribution is -2.39. The summed E-state index contributed by atoms with van der Waals surface area (Å²) in [5.74, 6) is -1.74. The Bertz CT molecular complexity index is 662. The van der Waals surface area contributed by atoms with Gasteiger partial charge in [0.05, 0.1) is 11.3 Å². The van der Waals surface area contributed by atoms with E-state index < -0.39 is 27.0 Å². The van der Waals surface area contributed by atoms with E-state index in [0.29, 0.717) is 25.7 Å². The Morgan fingerprint density at radius 2 is 2.14 bits per heavy atom. The topological polar surface area (TPSA) is 101 Å². The van der Waals surface area contributed by atoms with Crippen LogP contribution in [-0.2, 0) is 21.1 Å². The number of aromatic carboxylic acids is 1. The summed E-state index contributed by atoms with van der Waals surface area (Å²) in [6, 6.07) is 1.51. The van der Waals surface area contributed by atoms with E-state index in [4.69, 9.17) is 5.11 Å². The minimum absolute atomic E-state index is 0.0124. The van der Waals surface area contributed by atoms with Crippen molar-refractivity contribution in [2.45, 2.75) is 37.9 Å². The second-order valence-corrected chi connectivity index (χ2v) is 8.39. The molecule has 21 heavy (non-hydrogen) atoms. The van der Waals surface area contributed by atoms with Gasteiger partial charge in [-0.15, -0.1) is 11.3 Å². The quantitative estimate of drug-likeness (QED) is 0.878. The molecule has 1 saturated heterocycles. The summed E-state index contributed by atoms with van der Waals surface area (Å²) in [6.07, 6.45) is 2.21. The van der Waals surface area contributed by atoms with Crippen LogP contribution in [0.2, 0.25) is 0 Å². The highest BCUT2D eigenvalue weighted by atomic mass is 32.2. The molecule has 1 aromatic heterocycles. The number of carbonyl (C=O) groups excluding carboxylic acids is 1. The molecular formula is C13H17NO5S2. The molecule has 0 radical (unpaired) electrons. The molecule has 1 amide bonds. The number of rotatable bonds is 4. The summed E-state index contributed by atoms with van der Waals surface area (Å²) in [5, 5.41) is 10.8. The zero-order valence-corrected chi connectivity index (χ0v) is 13.2. The van der Waals surface area contributed by atoms with Crippen molar-refractivity contribution in [3.63, 3.8) is 0 Å². The Hall–Kier alpha value is -1.41. The SMILES string of the molecule is CCc1cc(C(=O)O)c(NC(=O)C2CCCCS2(=O)=O)s1. The standard InChI is InChI=1S/C13H17NO5S2/c1-2-8-7-9(13(16)17)12(20-8)14-11(15)10-5-3-4-6-21(10,18)19/h7,10H,2-6H2,1H3,(H,14,15)(H,16,17). The van der Waals surface area contributed by atoms with E-state index in [1.807, 2.05) is 6.92 Å². The number of hydrogen-bond acceptors (Lipinski definition) is 5. The molecule has 1 atom stereocenters.